The molecule has 1 amide bonds. The van der Waals surface area contributed by atoms with Crippen molar-refractivity contribution >= 4 is 17.4 Å². The summed E-state index contributed by atoms with van der Waals surface area (Å²) in [4.78, 5) is 18.0. The van der Waals surface area contributed by atoms with Gasteiger partial charge in [0.1, 0.15) is 17.7 Å². The third-order valence-corrected chi connectivity index (χ3v) is 4.26. The first-order chi connectivity index (χ1) is 11.6. The quantitative estimate of drug-likeness (QED) is 0.939. The van der Waals surface area contributed by atoms with Gasteiger partial charge in [-0.05, 0) is 54.7 Å². The molecule has 5 nitrogen and oxygen atoms in total. The Balaban J connectivity index is 1.71. The fourth-order valence-corrected chi connectivity index (χ4v) is 2.89. The summed E-state index contributed by atoms with van der Waals surface area (Å²) < 4.78 is 13.0. The maximum Gasteiger partial charge on any atom is 0.246 e. The van der Waals surface area contributed by atoms with Gasteiger partial charge >= 0.3 is 0 Å². The summed E-state index contributed by atoms with van der Waals surface area (Å²) in [6, 6.07) is 7.90. The van der Waals surface area contributed by atoms with Gasteiger partial charge in [0.15, 0.2) is 0 Å². The number of aryl methyl sites for hydroxylation is 1. The van der Waals surface area contributed by atoms with Crippen molar-refractivity contribution in [3.8, 4) is 6.07 Å². The molecule has 0 saturated carbocycles. The molecule has 0 bridgehead atoms. The fraction of sp³-hybridized carbons (Fsp3) is 0.278. The number of halogens is 1. The van der Waals surface area contributed by atoms with Crippen LogP contribution in [0.3, 0.4) is 0 Å². The van der Waals surface area contributed by atoms with E-state index in [1.54, 1.807) is 25.4 Å². The van der Waals surface area contributed by atoms with Crippen molar-refractivity contribution in [3.63, 3.8) is 0 Å². The lowest BCUT2D eigenvalue weighted by Gasteiger charge is -2.18. The van der Waals surface area contributed by atoms with Crippen molar-refractivity contribution in [1.82, 2.24) is 4.98 Å². The Kier molecular flexibility index (Phi) is 4.43. The van der Waals surface area contributed by atoms with Crippen LogP contribution in [0.4, 0.5) is 15.9 Å². The van der Waals surface area contributed by atoms with Gasteiger partial charge in [-0.25, -0.2) is 9.37 Å². The molecular weight excluding hydrogens is 307 g/mol. The molecule has 1 heterocycles. The number of aromatic nitrogens is 1. The summed E-state index contributed by atoms with van der Waals surface area (Å²) in [6.07, 6.45) is 4.63. The number of nitrogens with zero attached hydrogens (tertiary/aromatic N) is 3. The maximum absolute atomic E-state index is 13.0. The van der Waals surface area contributed by atoms with Crippen molar-refractivity contribution in [2.24, 2.45) is 0 Å². The molecule has 2 aromatic rings. The van der Waals surface area contributed by atoms with E-state index in [-0.39, 0.29) is 18.3 Å². The van der Waals surface area contributed by atoms with Crippen molar-refractivity contribution in [2.45, 2.75) is 19.3 Å². The number of anilines is 2. The average Bonchev–Trinajstić information content (AvgIpc) is 3.07. The molecule has 122 valence electrons. The van der Waals surface area contributed by atoms with E-state index in [1.165, 1.54) is 17.0 Å². The van der Waals surface area contributed by atoms with Crippen LogP contribution < -0.4 is 10.2 Å². The van der Waals surface area contributed by atoms with E-state index in [2.05, 4.69) is 16.4 Å². The number of fused-ring (bicyclic) bond motifs is 1. The van der Waals surface area contributed by atoms with Gasteiger partial charge < -0.3 is 10.2 Å². The molecule has 0 fully saturated rings. The maximum atomic E-state index is 13.0. The summed E-state index contributed by atoms with van der Waals surface area (Å²) in [7, 11) is 1.62. The molecule has 0 saturated heterocycles. The normalized spacial score (nSPS) is 12.4. The number of nitriles is 1. The molecule has 0 radical (unpaired) electrons. The molecule has 0 spiro atoms. The van der Waals surface area contributed by atoms with Gasteiger partial charge in [-0.3, -0.25) is 4.79 Å². The molecule has 0 atom stereocenters. The van der Waals surface area contributed by atoms with Crippen molar-refractivity contribution in [3.05, 3.63) is 53.0 Å². The zero-order valence-electron chi connectivity index (χ0n) is 13.3. The second-order valence-corrected chi connectivity index (χ2v) is 5.73. The number of rotatable bonds is 4. The number of amides is 1. The van der Waals surface area contributed by atoms with Crippen LogP contribution in [0.5, 0.6) is 0 Å². The molecule has 1 N–H and O–H groups in total. The minimum Gasteiger partial charge on any atom is -0.360 e. The van der Waals surface area contributed by atoms with Gasteiger partial charge in [-0.2, -0.15) is 5.26 Å². The number of carbonyl (C=O) groups excluding carboxylic acids is 1. The van der Waals surface area contributed by atoms with Crippen molar-refractivity contribution in [2.75, 3.05) is 23.8 Å². The van der Waals surface area contributed by atoms with E-state index in [4.69, 9.17) is 0 Å². The monoisotopic (exact) mass is 324 g/mol. The van der Waals surface area contributed by atoms with Crippen LogP contribution in [0, 0.1) is 17.1 Å². The van der Waals surface area contributed by atoms with Crippen LogP contribution in [0.25, 0.3) is 0 Å². The van der Waals surface area contributed by atoms with Crippen LogP contribution in [0.15, 0.2) is 30.5 Å². The highest BCUT2D eigenvalue weighted by Crippen LogP contribution is 2.28. The van der Waals surface area contributed by atoms with Crippen LogP contribution in [-0.4, -0.2) is 24.5 Å². The summed E-state index contributed by atoms with van der Waals surface area (Å²) in [5.41, 5.74) is 3.29. The number of benzene rings is 1. The highest BCUT2D eigenvalue weighted by molar-refractivity contribution is 5.95. The zero-order chi connectivity index (χ0) is 17.1. The zero-order valence-corrected chi connectivity index (χ0v) is 13.3. The third-order valence-electron chi connectivity index (χ3n) is 4.26. The van der Waals surface area contributed by atoms with Gasteiger partial charge in [0, 0.05) is 18.9 Å². The highest BCUT2D eigenvalue weighted by Gasteiger charge is 2.20. The van der Waals surface area contributed by atoms with E-state index >= 15 is 0 Å². The lowest BCUT2D eigenvalue weighted by atomic mass is 10.1. The van der Waals surface area contributed by atoms with Gasteiger partial charge in [0.2, 0.25) is 5.91 Å². The van der Waals surface area contributed by atoms with Gasteiger partial charge in [-0.1, -0.05) is 0 Å². The molecule has 1 aromatic carbocycles. The Morgan fingerprint density at radius 3 is 2.83 bits per heavy atom. The number of nitrogens with one attached hydrogen (secondary N) is 1. The number of hydrogen-bond donors (Lipinski definition) is 1. The number of pyridine rings is 1. The number of carbonyl (C=O) groups is 1. The van der Waals surface area contributed by atoms with Gasteiger partial charge in [0.05, 0.1) is 12.1 Å². The number of hydrogen-bond acceptors (Lipinski definition) is 4. The lowest BCUT2D eigenvalue weighted by Crippen LogP contribution is -2.32. The molecule has 24 heavy (non-hydrogen) atoms. The predicted molar refractivity (Wildman–Crippen MR) is 89.3 cm³/mol. The second kappa shape index (κ2) is 6.67. The topological polar surface area (TPSA) is 69.0 Å². The Hall–Kier alpha value is -2.94. The Labute approximate surface area is 139 Å². The average molecular weight is 324 g/mol. The highest BCUT2D eigenvalue weighted by atomic mass is 19.1. The smallest absolute Gasteiger partial charge is 0.246 e. The molecule has 0 aliphatic heterocycles. The predicted octanol–water partition coefficient (Wildman–Crippen LogP) is 2.66. The summed E-state index contributed by atoms with van der Waals surface area (Å²) >= 11 is 0. The van der Waals surface area contributed by atoms with Crippen LogP contribution in [-0.2, 0) is 17.6 Å². The Bertz CT molecular complexity index is 811. The Morgan fingerprint density at radius 1 is 1.38 bits per heavy atom. The largest absolute Gasteiger partial charge is 0.360 e. The van der Waals surface area contributed by atoms with E-state index in [0.29, 0.717) is 17.1 Å². The number of likely N-dealkylation sites (N-methyl/N-ethyl adjacent to an activating group) is 1. The standard InChI is InChI=1S/C18H17FN4O/c1-23(14-7-5-13(19)6-8-14)17(24)11-22-18-16(9-20)15-4-2-3-12(15)10-21-18/h5-8,10H,2-4,11H2,1H3,(H,21,22). The minimum atomic E-state index is -0.348. The first-order valence-corrected chi connectivity index (χ1v) is 7.77. The first-order valence-electron chi connectivity index (χ1n) is 7.77. The fourth-order valence-electron chi connectivity index (χ4n) is 2.89. The SMILES string of the molecule is CN(C(=O)CNc1ncc2c(c1C#N)CCC2)c1ccc(F)cc1. The summed E-state index contributed by atoms with van der Waals surface area (Å²) in [5, 5.41) is 12.4. The van der Waals surface area contributed by atoms with Crippen molar-refractivity contribution < 1.29 is 9.18 Å². The van der Waals surface area contributed by atoms with E-state index in [0.717, 1.165) is 30.4 Å². The lowest BCUT2D eigenvalue weighted by molar-refractivity contribution is -0.116. The van der Waals surface area contributed by atoms with Gasteiger partial charge in [0.25, 0.3) is 0 Å². The first kappa shape index (κ1) is 15.9. The van der Waals surface area contributed by atoms with Crippen LogP contribution in [0.2, 0.25) is 0 Å². The molecular formula is C18H17FN4O. The minimum absolute atomic E-state index is 0.00828. The molecule has 6 heteroatoms. The molecule has 0 unspecified atom stereocenters. The van der Waals surface area contributed by atoms with E-state index < -0.39 is 0 Å². The third kappa shape index (κ3) is 3.06. The summed E-state index contributed by atoms with van der Waals surface area (Å²) in [5.74, 6) is -0.106. The molecule has 3 rings (SSSR count). The van der Waals surface area contributed by atoms with Crippen LogP contribution >= 0.6 is 0 Å². The van der Waals surface area contributed by atoms with E-state index in [1.807, 2.05) is 0 Å². The second-order valence-electron chi connectivity index (χ2n) is 5.73. The summed E-state index contributed by atoms with van der Waals surface area (Å²) in [6.45, 7) is 0.00828. The molecule has 1 aromatic heterocycles. The van der Waals surface area contributed by atoms with E-state index in [9.17, 15) is 14.4 Å². The van der Waals surface area contributed by atoms with Gasteiger partial charge in [-0.15, -0.1) is 0 Å². The Morgan fingerprint density at radius 2 is 2.12 bits per heavy atom. The molecule has 1 aliphatic rings. The van der Waals surface area contributed by atoms with Crippen molar-refractivity contribution in [1.29, 1.82) is 5.26 Å². The van der Waals surface area contributed by atoms with Crippen LogP contribution in [0.1, 0.15) is 23.1 Å². The molecule has 1 aliphatic carbocycles.